The first kappa shape index (κ1) is 15.0. The van der Waals surface area contributed by atoms with E-state index in [-0.39, 0.29) is 10.8 Å². The molecule has 2 aromatic rings. The van der Waals surface area contributed by atoms with E-state index in [9.17, 15) is 4.39 Å². The van der Waals surface area contributed by atoms with Crippen LogP contribution in [0.5, 0.6) is 0 Å². The molecule has 0 radical (unpaired) electrons. The van der Waals surface area contributed by atoms with Crippen LogP contribution in [0.2, 0.25) is 5.02 Å². The molecule has 1 nitrogen and oxygen atoms in total. The highest BCUT2D eigenvalue weighted by molar-refractivity contribution is 9.13. The lowest BCUT2D eigenvalue weighted by Gasteiger charge is -2.07. The third kappa shape index (κ3) is 4.28. The number of benzene rings is 2. The molecular weight excluding hydrogens is 396 g/mol. The Hall–Kier alpha value is -0.420. The molecule has 0 spiro atoms. The molecule has 1 N–H and O–H groups in total. The van der Waals surface area contributed by atoms with Gasteiger partial charge < -0.3 is 5.32 Å². The van der Waals surface area contributed by atoms with E-state index in [0.717, 1.165) is 21.1 Å². The Morgan fingerprint density at radius 1 is 0.947 bits per heavy atom. The maximum Gasteiger partial charge on any atom is 0.141 e. The molecule has 0 fully saturated rings. The molecule has 0 bridgehead atoms. The first-order valence-electron chi connectivity index (χ1n) is 5.65. The van der Waals surface area contributed by atoms with Crippen molar-refractivity contribution in [1.82, 2.24) is 5.32 Å². The Morgan fingerprint density at radius 2 is 1.58 bits per heavy atom. The van der Waals surface area contributed by atoms with Crippen molar-refractivity contribution in [3.05, 3.63) is 67.3 Å². The number of hydrogen-bond donors (Lipinski definition) is 1. The van der Waals surface area contributed by atoms with Crippen LogP contribution in [-0.4, -0.2) is 0 Å². The topological polar surface area (TPSA) is 12.0 Å². The van der Waals surface area contributed by atoms with Gasteiger partial charge in [-0.15, -0.1) is 0 Å². The van der Waals surface area contributed by atoms with Gasteiger partial charge in [0.05, 0.1) is 5.02 Å². The van der Waals surface area contributed by atoms with Gasteiger partial charge in [-0.05, 0) is 67.3 Å². The van der Waals surface area contributed by atoms with Gasteiger partial charge in [0.15, 0.2) is 0 Å². The zero-order valence-electron chi connectivity index (χ0n) is 9.89. The van der Waals surface area contributed by atoms with Crippen molar-refractivity contribution in [2.45, 2.75) is 13.1 Å². The summed E-state index contributed by atoms with van der Waals surface area (Å²) < 4.78 is 15.1. The zero-order chi connectivity index (χ0) is 13.8. The Kier molecular flexibility index (Phi) is 5.39. The average molecular weight is 408 g/mol. The van der Waals surface area contributed by atoms with Crippen molar-refractivity contribution in [2.24, 2.45) is 0 Å². The monoisotopic (exact) mass is 405 g/mol. The molecule has 0 atom stereocenters. The van der Waals surface area contributed by atoms with Gasteiger partial charge in [-0.1, -0.05) is 23.7 Å². The maximum atomic E-state index is 13.0. The average Bonchev–Trinajstić information content (AvgIpc) is 2.38. The summed E-state index contributed by atoms with van der Waals surface area (Å²) in [7, 11) is 0. The molecule has 5 heteroatoms. The molecule has 2 aromatic carbocycles. The summed E-state index contributed by atoms with van der Waals surface area (Å²) in [5.41, 5.74) is 2.13. The highest BCUT2D eigenvalue weighted by atomic mass is 79.9. The van der Waals surface area contributed by atoms with Gasteiger partial charge in [0.1, 0.15) is 5.82 Å². The highest BCUT2D eigenvalue weighted by Crippen LogP contribution is 2.23. The van der Waals surface area contributed by atoms with Gasteiger partial charge in [-0.3, -0.25) is 0 Å². The zero-order valence-corrected chi connectivity index (χ0v) is 13.8. The van der Waals surface area contributed by atoms with E-state index >= 15 is 0 Å². The van der Waals surface area contributed by atoms with E-state index in [1.165, 1.54) is 11.6 Å². The quantitative estimate of drug-likeness (QED) is 0.726. The molecular formula is C14H11Br2ClFN. The molecule has 0 unspecified atom stereocenters. The van der Waals surface area contributed by atoms with Crippen LogP contribution in [0.3, 0.4) is 0 Å². The molecule has 0 aliphatic carbocycles. The molecule has 0 saturated heterocycles. The minimum absolute atomic E-state index is 0.158. The predicted octanol–water partition coefficient (Wildman–Crippen LogP) is 5.29. The normalized spacial score (nSPS) is 10.7. The summed E-state index contributed by atoms with van der Waals surface area (Å²) in [6.45, 7) is 1.38. The van der Waals surface area contributed by atoms with E-state index in [2.05, 4.69) is 43.2 Å². The smallest absolute Gasteiger partial charge is 0.141 e. The molecule has 2 rings (SSSR count). The summed E-state index contributed by atoms with van der Waals surface area (Å²) in [4.78, 5) is 0. The van der Waals surface area contributed by atoms with E-state index in [1.54, 1.807) is 12.1 Å². The fraction of sp³-hybridized carbons (Fsp3) is 0.143. The number of rotatable bonds is 4. The molecule has 0 aliphatic heterocycles. The van der Waals surface area contributed by atoms with Crippen LogP contribution in [0.25, 0.3) is 0 Å². The first-order chi connectivity index (χ1) is 9.06. The predicted molar refractivity (Wildman–Crippen MR) is 83.8 cm³/mol. The second-order valence-corrected chi connectivity index (χ2v) is 6.22. The standard InChI is InChI=1S/C14H11Br2ClFN/c15-11-3-1-9(5-12(11)16)7-19-8-10-2-4-14(18)13(17)6-10/h1-6,19H,7-8H2. The number of hydrogen-bond acceptors (Lipinski definition) is 1. The fourth-order valence-corrected chi connectivity index (χ4v) is 2.53. The molecule has 0 aliphatic rings. The van der Waals surface area contributed by atoms with Gasteiger partial charge in [0, 0.05) is 22.0 Å². The van der Waals surface area contributed by atoms with Crippen molar-refractivity contribution < 1.29 is 4.39 Å². The Morgan fingerprint density at radius 3 is 2.21 bits per heavy atom. The van der Waals surface area contributed by atoms with Crippen LogP contribution in [0.15, 0.2) is 45.3 Å². The van der Waals surface area contributed by atoms with E-state index in [0.29, 0.717) is 6.54 Å². The van der Waals surface area contributed by atoms with Crippen LogP contribution in [0.4, 0.5) is 4.39 Å². The lowest BCUT2D eigenvalue weighted by atomic mass is 10.2. The summed E-state index contributed by atoms with van der Waals surface area (Å²) in [5.74, 6) is -0.387. The van der Waals surface area contributed by atoms with Gasteiger partial charge in [0.2, 0.25) is 0 Å². The minimum Gasteiger partial charge on any atom is -0.309 e. The van der Waals surface area contributed by atoms with Gasteiger partial charge in [-0.2, -0.15) is 0 Å². The Bertz CT molecular complexity index is 538. The fourth-order valence-electron chi connectivity index (χ4n) is 1.65. The van der Waals surface area contributed by atoms with Crippen molar-refractivity contribution in [1.29, 1.82) is 0 Å². The van der Waals surface area contributed by atoms with Gasteiger partial charge in [0.25, 0.3) is 0 Å². The van der Waals surface area contributed by atoms with Gasteiger partial charge in [-0.25, -0.2) is 4.39 Å². The lowest BCUT2D eigenvalue weighted by molar-refractivity contribution is 0.625. The lowest BCUT2D eigenvalue weighted by Crippen LogP contribution is -2.12. The van der Waals surface area contributed by atoms with Crippen LogP contribution in [0, 0.1) is 5.82 Å². The SMILES string of the molecule is Fc1ccc(CNCc2ccc(Br)c(Br)c2)cc1Cl. The first-order valence-corrected chi connectivity index (χ1v) is 7.61. The summed E-state index contributed by atoms with van der Waals surface area (Å²) >= 11 is 12.6. The maximum absolute atomic E-state index is 13.0. The van der Waals surface area contributed by atoms with Crippen molar-refractivity contribution >= 4 is 43.5 Å². The number of halogens is 4. The van der Waals surface area contributed by atoms with E-state index < -0.39 is 0 Å². The minimum atomic E-state index is -0.387. The van der Waals surface area contributed by atoms with Crippen molar-refractivity contribution in [3.63, 3.8) is 0 Å². The van der Waals surface area contributed by atoms with Gasteiger partial charge >= 0.3 is 0 Å². The van der Waals surface area contributed by atoms with E-state index in [1.807, 2.05) is 12.1 Å². The van der Waals surface area contributed by atoms with Crippen LogP contribution < -0.4 is 5.32 Å². The summed E-state index contributed by atoms with van der Waals surface area (Å²) in [6, 6.07) is 10.8. The van der Waals surface area contributed by atoms with E-state index in [4.69, 9.17) is 11.6 Å². The highest BCUT2D eigenvalue weighted by Gasteiger charge is 2.02. The summed E-state index contributed by atoms with van der Waals surface area (Å²) in [5, 5.41) is 3.45. The molecule has 19 heavy (non-hydrogen) atoms. The molecule has 0 aromatic heterocycles. The van der Waals surface area contributed by atoms with Crippen LogP contribution in [-0.2, 0) is 13.1 Å². The van der Waals surface area contributed by atoms with Crippen LogP contribution >= 0.6 is 43.5 Å². The molecule has 100 valence electrons. The molecule has 0 heterocycles. The third-order valence-corrected chi connectivity index (χ3v) is 4.80. The van der Waals surface area contributed by atoms with Crippen molar-refractivity contribution in [3.8, 4) is 0 Å². The Labute approximate surface area is 133 Å². The Balaban J connectivity index is 1.92. The largest absolute Gasteiger partial charge is 0.309 e. The molecule has 0 saturated carbocycles. The van der Waals surface area contributed by atoms with Crippen molar-refractivity contribution in [2.75, 3.05) is 0 Å². The summed E-state index contributed by atoms with van der Waals surface area (Å²) in [6.07, 6.45) is 0. The van der Waals surface area contributed by atoms with Crippen LogP contribution in [0.1, 0.15) is 11.1 Å². The second kappa shape index (κ2) is 6.84. The third-order valence-electron chi connectivity index (χ3n) is 2.63. The molecule has 0 amide bonds. The second-order valence-electron chi connectivity index (χ2n) is 4.10. The number of nitrogens with one attached hydrogen (secondary N) is 1.